The number of fused-ring (bicyclic) bond motifs is 1. The Morgan fingerprint density at radius 1 is 1.06 bits per heavy atom. The molecule has 0 fully saturated rings. The maximum Gasteiger partial charge on any atom is 0.329 e. The van der Waals surface area contributed by atoms with E-state index >= 15 is 0 Å². The van der Waals surface area contributed by atoms with Crippen LogP contribution in [0.2, 0.25) is 0 Å². The van der Waals surface area contributed by atoms with Crippen LogP contribution >= 0.6 is 0 Å². The van der Waals surface area contributed by atoms with E-state index in [2.05, 4.69) is 5.32 Å². The Morgan fingerprint density at radius 3 is 2.45 bits per heavy atom. The Balaban J connectivity index is 1.61. The monoisotopic (exact) mass is 427 g/mol. The number of methoxy groups -OCH3 is 2. The third kappa shape index (κ3) is 4.71. The number of hydrogen-bond acceptors (Lipinski definition) is 6. The lowest BCUT2D eigenvalue weighted by atomic mass is 10.1. The first-order chi connectivity index (χ1) is 14.8. The van der Waals surface area contributed by atoms with Gasteiger partial charge in [-0.15, -0.1) is 0 Å². The van der Waals surface area contributed by atoms with Gasteiger partial charge in [-0.2, -0.15) is 0 Å². The number of imidazole rings is 1. The number of amides is 1. The van der Waals surface area contributed by atoms with Crippen molar-refractivity contribution in [2.24, 2.45) is 7.05 Å². The van der Waals surface area contributed by atoms with Gasteiger partial charge in [0.05, 0.1) is 31.3 Å². The fourth-order valence-electron chi connectivity index (χ4n) is 3.38. The Kier molecular flexibility index (Phi) is 6.64. The summed E-state index contributed by atoms with van der Waals surface area (Å²) in [5.74, 6) is 0.0704. The van der Waals surface area contributed by atoms with E-state index in [1.54, 1.807) is 57.5 Å². The number of nitrogens with zero attached hydrogens (tertiary/aromatic N) is 2. The molecule has 0 aliphatic heterocycles. The van der Waals surface area contributed by atoms with Crippen LogP contribution in [0.4, 0.5) is 0 Å². The lowest BCUT2D eigenvalue weighted by Gasteiger charge is -2.18. The maximum absolute atomic E-state index is 12.4. The first kappa shape index (κ1) is 21.9. The number of hydrogen-bond donors (Lipinski definition) is 1. The second-order valence-corrected chi connectivity index (χ2v) is 6.97. The van der Waals surface area contributed by atoms with Gasteiger partial charge in [-0.25, -0.2) is 4.79 Å². The molecule has 1 heterocycles. The Morgan fingerprint density at radius 2 is 1.77 bits per heavy atom. The topological polar surface area (TPSA) is 101 Å². The van der Waals surface area contributed by atoms with E-state index in [9.17, 15) is 14.4 Å². The molecular weight excluding hydrogens is 402 g/mol. The number of ether oxygens (including phenoxy) is 3. The van der Waals surface area contributed by atoms with Crippen molar-refractivity contribution in [2.45, 2.75) is 19.5 Å². The summed E-state index contributed by atoms with van der Waals surface area (Å²) in [6, 6.07) is 12.0. The molecule has 0 radical (unpaired) electrons. The van der Waals surface area contributed by atoms with Gasteiger partial charge in [-0.05, 0) is 37.3 Å². The predicted octanol–water partition coefficient (Wildman–Crippen LogP) is 1.78. The molecule has 1 amide bonds. The minimum atomic E-state index is -0.680. The van der Waals surface area contributed by atoms with Crippen molar-refractivity contribution in [3.05, 3.63) is 58.5 Å². The van der Waals surface area contributed by atoms with E-state index in [0.717, 1.165) is 5.56 Å². The van der Waals surface area contributed by atoms with Crippen molar-refractivity contribution in [3.63, 3.8) is 0 Å². The molecule has 3 aromatic rings. The van der Waals surface area contributed by atoms with Crippen LogP contribution < -0.4 is 20.5 Å². The van der Waals surface area contributed by atoms with Gasteiger partial charge in [0.2, 0.25) is 0 Å². The summed E-state index contributed by atoms with van der Waals surface area (Å²) < 4.78 is 18.4. The molecule has 1 aromatic heterocycles. The molecule has 1 N–H and O–H groups in total. The van der Waals surface area contributed by atoms with Gasteiger partial charge in [0.1, 0.15) is 18.0 Å². The average Bonchev–Trinajstić information content (AvgIpc) is 3.02. The Hall–Kier alpha value is -3.75. The van der Waals surface area contributed by atoms with Crippen LogP contribution in [0.15, 0.2) is 47.3 Å². The van der Waals surface area contributed by atoms with Crippen LogP contribution in [0.25, 0.3) is 11.0 Å². The van der Waals surface area contributed by atoms with Crippen molar-refractivity contribution in [3.8, 4) is 11.5 Å². The molecule has 0 saturated carbocycles. The molecule has 9 nitrogen and oxygen atoms in total. The van der Waals surface area contributed by atoms with Crippen molar-refractivity contribution < 1.29 is 23.8 Å². The number of nitrogens with one attached hydrogen (secondary N) is 1. The third-order valence-corrected chi connectivity index (χ3v) is 4.98. The molecule has 0 aliphatic rings. The molecule has 3 rings (SSSR count). The number of benzene rings is 2. The lowest BCUT2D eigenvalue weighted by molar-refractivity contribution is -0.149. The molecule has 0 bridgehead atoms. The van der Waals surface area contributed by atoms with Crippen molar-refractivity contribution in [1.82, 2.24) is 14.5 Å². The van der Waals surface area contributed by atoms with Gasteiger partial charge >= 0.3 is 11.7 Å². The van der Waals surface area contributed by atoms with Crippen molar-refractivity contribution >= 4 is 22.9 Å². The Labute approximate surface area is 179 Å². The number of para-hydroxylation sites is 2. The van der Waals surface area contributed by atoms with Gasteiger partial charge < -0.3 is 19.5 Å². The molecule has 0 spiro atoms. The van der Waals surface area contributed by atoms with Gasteiger partial charge in [-0.3, -0.25) is 18.7 Å². The molecule has 1 unspecified atom stereocenters. The number of carbonyl (C=O) groups is 2. The van der Waals surface area contributed by atoms with Gasteiger partial charge in [-0.1, -0.05) is 12.1 Å². The fraction of sp³-hybridized carbons (Fsp3) is 0.318. The third-order valence-electron chi connectivity index (χ3n) is 4.98. The molecular formula is C22H25N3O6. The minimum absolute atomic E-state index is 0.285. The summed E-state index contributed by atoms with van der Waals surface area (Å²) in [5.41, 5.74) is 1.72. The van der Waals surface area contributed by atoms with E-state index in [0.29, 0.717) is 22.5 Å². The molecule has 1 atom stereocenters. The molecule has 9 heteroatoms. The predicted molar refractivity (Wildman–Crippen MR) is 114 cm³/mol. The van der Waals surface area contributed by atoms with E-state index in [1.807, 2.05) is 6.07 Å². The zero-order chi connectivity index (χ0) is 22.5. The zero-order valence-corrected chi connectivity index (χ0v) is 17.9. The highest BCUT2D eigenvalue weighted by Gasteiger charge is 2.18. The normalized spacial score (nSPS) is 11.7. The SMILES string of the molecule is COc1ccc(OC)c(C(C)NC(=O)COC(=O)Cn2c(=O)n(C)c3ccccc32)c1. The van der Waals surface area contributed by atoms with E-state index in [4.69, 9.17) is 14.2 Å². The smallest absolute Gasteiger partial charge is 0.329 e. The van der Waals surface area contributed by atoms with Crippen LogP contribution in [-0.2, 0) is 27.9 Å². The molecule has 164 valence electrons. The zero-order valence-electron chi connectivity index (χ0n) is 17.9. The van der Waals surface area contributed by atoms with Crippen LogP contribution in [-0.4, -0.2) is 41.8 Å². The second-order valence-electron chi connectivity index (χ2n) is 6.97. The summed E-state index contributed by atoms with van der Waals surface area (Å²) >= 11 is 0. The summed E-state index contributed by atoms with van der Waals surface area (Å²) in [7, 11) is 4.72. The fourth-order valence-corrected chi connectivity index (χ4v) is 3.38. The van der Waals surface area contributed by atoms with E-state index in [1.165, 1.54) is 16.2 Å². The summed E-state index contributed by atoms with van der Waals surface area (Å²) in [4.78, 5) is 36.9. The molecule has 0 saturated heterocycles. The summed E-state index contributed by atoms with van der Waals surface area (Å²) in [6.07, 6.45) is 0. The van der Waals surface area contributed by atoms with E-state index < -0.39 is 24.5 Å². The highest BCUT2D eigenvalue weighted by Crippen LogP contribution is 2.29. The number of rotatable bonds is 8. The van der Waals surface area contributed by atoms with Crippen LogP contribution in [0.5, 0.6) is 11.5 Å². The quantitative estimate of drug-likeness (QED) is 0.550. The van der Waals surface area contributed by atoms with Gasteiger partial charge in [0.15, 0.2) is 6.61 Å². The highest BCUT2D eigenvalue weighted by atomic mass is 16.5. The van der Waals surface area contributed by atoms with Gasteiger partial charge in [0, 0.05) is 12.6 Å². The van der Waals surface area contributed by atoms with Crippen LogP contribution in [0.3, 0.4) is 0 Å². The first-order valence-electron chi connectivity index (χ1n) is 9.66. The number of carbonyl (C=O) groups excluding carboxylic acids is 2. The minimum Gasteiger partial charge on any atom is -0.497 e. The molecule has 2 aromatic carbocycles. The lowest BCUT2D eigenvalue weighted by Crippen LogP contribution is -2.33. The first-order valence-corrected chi connectivity index (χ1v) is 9.66. The average molecular weight is 427 g/mol. The number of aryl methyl sites for hydroxylation is 1. The summed E-state index contributed by atoms with van der Waals surface area (Å²) in [5, 5.41) is 2.76. The molecule has 31 heavy (non-hydrogen) atoms. The molecule has 0 aliphatic carbocycles. The largest absolute Gasteiger partial charge is 0.497 e. The standard InChI is InChI=1S/C22H25N3O6/c1-14(16-11-15(29-3)9-10-19(16)30-4)23-20(26)13-31-21(27)12-25-18-8-6-5-7-17(18)24(2)22(25)28/h5-11,14H,12-13H2,1-4H3,(H,23,26). The Bertz CT molecular complexity index is 1160. The van der Waals surface area contributed by atoms with Crippen molar-refractivity contribution in [2.75, 3.05) is 20.8 Å². The van der Waals surface area contributed by atoms with Crippen LogP contribution in [0, 0.1) is 0 Å². The number of esters is 1. The maximum atomic E-state index is 12.4. The number of aromatic nitrogens is 2. The van der Waals surface area contributed by atoms with Crippen LogP contribution in [0.1, 0.15) is 18.5 Å². The van der Waals surface area contributed by atoms with E-state index in [-0.39, 0.29) is 12.2 Å². The van der Waals surface area contributed by atoms with Crippen molar-refractivity contribution in [1.29, 1.82) is 0 Å². The summed E-state index contributed by atoms with van der Waals surface area (Å²) in [6.45, 7) is 1.04. The highest BCUT2D eigenvalue weighted by molar-refractivity contribution is 5.82. The van der Waals surface area contributed by atoms with Gasteiger partial charge in [0.25, 0.3) is 5.91 Å². The second kappa shape index (κ2) is 9.38.